The Balaban J connectivity index is 1.52. The zero-order valence-electron chi connectivity index (χ0n) is 18.9. The third kappa shape index (κ3) is 5.40. The van der Waals surface area contributed by atoms with E-state index in [0.717, 1.165) is 26.9 Å². The van der Waals surface area contributed by atoms with E-state index < -0.39 is 5.91 Å². The first kappa shape index (κ1) is 23.4. The molecule has 4 rings (SSSR count). The van der Waals surface area contributed by atoms with Gasteiger partial charge in [-0.25, -0.2) is 5.43 Å². The van der Waals surface area contributed by atoms with Crippen LogP contribution in [-0.4, -0.2) is 50.9 Å². The number of anilines is 2. The van der Waals surface area contributed by atoms with Crippen molar-refractivity contribution in [3.05, 3.63) is 94.0 Å². The Bertz CT molecular complexity index is 1250. The standard InChI is InChI=1S/C26H24BrN5O2/c1-31(2)21-11-8-18(9-12-21)15-29-30-24(33)17-32-23-13-10-20(27)14-22(23)26(28-16-25(32)34)19-6-4-3-5-7-19/h3-15H,16-17H2,1-2H3,(H,30,33)/b29-15+. The molecule has 1 N–H and O–H groups in total. The van der Waals surface area contributed by atoms with Crippen LogP contribution in [0.1, 0.15) is 16.7 Å². The van der Waals surface area contributed by atoms with Gasteiger partial charge in [0.1, 0.15) is 13.1 Å². The number of benzene rings is 3. The maximum absolute atomic E-state index is 12.9. The van der Waals surface area contributed by atoms with Gasteiger partial charge in [-0.15, -0.1) is 0 Å². The summed E-state index contributed by atoms with van der Waals surface area (Å²) in [5, 5.41) is 4.05. The number of fused-ring (bicyclic) bond motifs is 1. The monoisotopic (exact) mass is 517 g/mol. The Hall–Kier alpha value is -3.78. The lowest BCUT2D eigenvalue weighted by molar-refractivity contribution is -0.123. The molecule has 0 saturated carbocycles. The number of hydrogen-bond donors (Lipinski definition) is 1. The molecule has 0 spiro atoms. The van der Waals surface area contributed by atoms with E-state index in [1.807, 2.05) is 91.8 Å². The Morgan fingerprint density at radius 3 is 2.56 bits per heavy atom. The first-order chi connectivity index (χ1) is 16.4. The molecule has 1 aliphatic heterocycles. The van der Waals surface area contributed by atoms with Crippen LogP contribution in [0.15, 0.2) is 87.4 Å². The maximum Gasteiger partial charge on any atom is 0.260 e. The fraction of sp³-hybridized carbons (Fsp3) is 0.154. The van der Waals surface area contributed by atoms with E-state index in [4.69, 9.17) is 0 Å². The molecule has 0 aliphatic carbocycles. The zero-order valence-corrected chi connectivity index (χ0v) is 20.5. The fourth-order valence-corrected chi connectivity index (χ4v) is 3.98. The minimum atomic E-state index is -0.397. The molecule has 7 nitrogen and oxygen atoms in total. The van der Waals surface area contributed by atoms with Crippen molar-refractivity contribution < 1.29 is 9.59 Å². The molecule has 8 heteroatoms. The van der Waals surface area contributed by atoms with Gasteiger partial charge in [0, 0.05) is 35.4 Å². The van der Waals surface area contributed by atoms with E-state index in [0.29, 0.717) is 11.4 Å². The highest BCUT2D eigenvalue weighted by atomic mass is 79.9. The van der Waals surface area contributed by atoms with Gasteiger partial charge in [-0.05, 0) is 35.9 Å². The summed E-state index contributed by atoms with van der Waals surface area (Å²) in [6, 6.07) is 23.1. The molecule has 3 aromatic carbocycles. The highest BCUT2D eigenvalue weighted by Crippen LogP contribution is 2.29. The van der Waals surface area contributed by atoms with E-state index in [1.54, 1.807) is 6.21 Å². The predicted octanol–water partition coefficient (Wildman–Crippen LogP) is 3.85. The Morgan fingerprint density at radius 1 is 1.12 bits per heavy atom. The van der Waals surface area contributed by atoms with Crippen LogP contribution in [0.3, 0.4) is 0 Å². The van der Waals surface area contributed by atoms with E-state index in [1.165, 1.54) is 4.90 Å². The molecule has 172 valence electrons. The van der Waals surface area contributed by atoms with Crippen molar-refractivity contribution in [3.63, 3.8) is 0 Å². The van der Waals surface area contributed by atoms with Gasteiger partial charge < -0.3 is 9.80 Å². The van der Waals surface area contributed by atoms with E-state index in [2.05, 4.69) is 31.4 Å². The molecule has 34 heavy (non-hydrogen) atoms. The number of hydrogen-bond acceptors (Lipinski definition) is 5. The van der Waals surface area contributed by atoms with Gasteiger partial charge >= 0.3 is 0 Å². The number of carbonyl (C=O) groups excluding carboxylic acids is 2. The number of benzodiazepines with no additional fused rings is 1. The van der Waals surface area contributed by atoms with Crippen molar-refractivity contribution in [2.24, 2.45) is 10.1 Å². The summed E-state index contributed by atoms with van der Waals surface area (Å²) in [6.45, 7) is -0.215. The number of amides is 2. The topological polar surface area (TPSA) is 77.4 Å². The fourth-order valence-electron chi connectivity index (χ4n) is 3.62. The van der Waals surface area contributed by atoms with E-state index >= 15 is 0 Å². The third-order valence-corrected chi connectivity index (χ3v) is 5.83. The van der Waals surface area contributed by atoms with Crippen LogP contribution in [0.2, 0.25) is 0 Å². The molecule has 0 fully saturated rings. The molecule has 0 aromatic heterocycles. The number of rotatable bonds is 6. The normalized spacial score (nSPS) is 13.3. The van der Waals surface area contributed by atoms with Crippen LogP contribution >= 0.6 is 15.9 Å². The molecular weight excluding hydrogens is 494 g/mol. The summed E-state index contributed by atoms with van der Waals surface area (Å²) in [5.74, 6) is -0.653. The first-order valence-corrected chi connectivity index (χ1v) is 11.5. The van der Waals surface area contributed by atoms with Crippen LogP contribution in [0, 0.1) is 0 Å². The van der Waals surface area contributed by atoms with Crippen LogP contribution in [0.5, 0.6) is 0 Å². The van der Waals surface area contributed by atoms with Gasteiger partial charge in [-0.1, -0.05) is 58.4 Å². The molecule has 2 amide bonds. The minimum absolute atomic E-state index is 0.0503. The lowest BCUT2D eigenvalue weighted by Gasteiger charge is -2.22. The quantitative estimate of drug-likeness (QED) is 0.398. The molecule has 1 aliphatic rings. The Kier molecular flexibility index (Phi) is 7.18. The van der Waals surface area contributed by atoms with Gasteiger partial charge in [0.15, 0.2) is 0 Å². The predicted molar refractivity (Wildman–Crippen MR) is 140 cm³/mol. The average Bonchev–Trinajstić information content (AvgIpc) is 2.96. The number of carbonyl (C=O) groups is 2. The van der Waals surface area contributed by atoms with Crippen LogP contribution < -0.4 is 15.2 Å². The van der Waals surface area contributed by atoms with Crippen molar-refractivity contribution >= 4 is 51.0 Å². The zero-order chi connectivity index (χ0) is 24.1. The van der Waals surface area contributed by atoms with Gasteiger partial charge in [-0.2, -0.15) is 5.10 Å². The second-order valence-corrected chi connectivity index (χ2v) is 8.87. The summed E-state index contributed by atoms with van der Waals surface area (Å²) in [7, 11) is 3.94. The summed E-state index contributed by atoms with van der Waals surface area (Å²) < 4.78 is 0.860. The number of aliphatic imine (C=N–C) groups is 1. The van der Waals surface area contributed by atoms with Crippen molar-refractivity contribution in [2.45, 2.75) is 0 Å². The Labute approximate surface area is 206 Å². The molecule has 1 heterocycles. The second-order valence-electron chi connectivity index (χ2n) is 7.95. The van der Waals surface area contributed by atoms with Crippen molar-refractivity contribution in [1.29, 1.82) is 0 Å². The Morgan fingerprint density at radius 2 is 1.85 bits per heavy atom. The summed E-state index contributed by atoms with van der Waals surface area (Å²) in [6.07, 6.45) is 1.57. The largest absolute Gasteiger partial charge is 0.378 e. The van der Waals surface area contributed by atoms with Crippen LogP contribution in [0.4, 0.5) is 11.4 Å². The third-order valence-electron chi connectivity index (χ3n) is 5.34. The highest BCUT2D eigenvalue weighted by Gasteiger charge is 2.27. The SMILES string of the molecule is CN(C)c1ccc(/C=N/NC(=O)CN2C(=O)CN=C(c3ccccc3)c3cc(Br)ccc32)cc1. The van der Waals surface area contributed by atoms with Gasteiger partial charge in [0.25, 0.3) is 5.91 Å². The van der Waals surface area contributed by atoms with Crippen LogP contribution in [-0.2, 0) is 9.59 Å². The summed E-state index contributed by atoms with van der Waals surface area (Å²) in [4.78, 5) is 33.6. The molecule has 0 bridgehead atoms. The van der Waals surface area contributed by atoms with E-state index in [-0.39, 0.29) is 19.0 Å². The van der Waals surface area contributed by atoms with E-state index in [9.17, 15) is 9.59 Å². The molecule has 0 atom stereocenters. The van der Waals surface area contributed by atoms with Crippen LogP contribution in [0.25, 0.3) is 0 Å². The molecular formula is C26H24BrN5O2. The lowest BCUT2D eigenvalue weighted by Crippen LogP contribution is -2.40. The lowest BCUT2D eigenvalue weighted by atomic mass is 10.0. The number of nitrogens with zero attached hydrogens (tertiary/aromatic N) is 4. The summed E-state index contributed by atoms with van der Waals surface area (Å²) in [5.41, 5.74) is 7.48. The van der Waals surface area contributed by atoms with Crippen molar-refractivity contribution in [3.8, 4) is 0 Å². The smallest absolute Gasteiger partial charge is 0.260 e. The summed E-state index contributed by atoms with van der Waals surface area (Å²) >= 11 is 3.51. The minimum Gasteiger partial charge on any atom is -0.378 e. The number of nitrogens with one attached hydrogen (secondary N) is 1. The molecule has 3 aromatic rings. The van der Waals surface area contributed by atoms with Gasteiger partial charge in [0.05, 0.1) is 17.6 Å². The second kappa shape index (κ2) is 10.4. The molecule has 0 unspecified atom stereocenters. The first-order valence-electron chi connectivity index (χ1n) is 10.7. The maximum atomic E-state index is 12.9. The molecule has 0 saturated heterocycles. The molecule has 0 radical (unpaired) electrons. The van der Waals surface area contributed by atoms with Crippen molar-refractivity contribution in [1.82, 2.24) is 5.43 Å². The highest BCUT2D eigenvalue weighted by molar-refractivity contribution is 9.10. The average molecular weight is 518 g/mol. The van der Waals surface area contributed by atoms with Gasteiger partial charge in [0.2, 0.25) is 5.91 Å². The van der Waals surface area contributed by atoms with Crippen molar-refractivity contribution in [2.75, 3.05) is 37.0 Å². The number of halogens is 1. The number of hydrazone groups is 1. The van der Waals surface area contributed by atoms with Gasteiger partial charge in [-0.3, -0.25) is 14.6 Å².